The lowest BCUT2D eigenvalue weighted by atomic mass is 9.79. The molecule has 1 aromatic heterocycles. The van der Waals surface area contributed by atoms with E-state index < -0.39 is 25.9 Å². The Morgan fingerprint density at radius 1 is 1.14 bits per heavy atom. The van der Waals surface area contributed by atoms with Crippen LogP contribution >= 0.6 is 27.3 Å². The SMILES string of the molecule is C/C(=C\CC(OC(=O)CC(O[Si](C)(C)C(C)(C)C)C(C)(C)C(=O)C(C)Br)/C(C)=C/c1csc(C)n1)CCCC(C)C=O. The second-order valence-electron chi connectivity index (χ2n) is 13.7. The van der Waals surface area contributed by atoms with Crippen LogP contribution < -0.4 is 0 Å². The Kier molecular flexibility index (Phi) is 15.3. The summed E-state index contributed by atoms with van der Waals surface area (Å²) in [5.41, 5.74) is 2.05. The minimum absolute atomic E-state index is 0.00649. The summed E-state index contributed by atoms with van der Waals surface area (Å²) in [6, 6.07) is 0. The van der Waals surface area contributed by atoms with Gasteiger partial charge in [-0.3, -0.25) is 9.59 Å². The average Bonchev–Trinajstić information content (AvgIpc) is 3.28. The molecule has 1 rings (SSSR count). The highest BCUT2D eigenvalue weighted by atomic mass is 79.9. The third-order valence-electron chi connectivity index (χ3n) is 8.33. The highest BCUT2D eigenvalue weighted by Gasteiger charge is 2.47. The number of esters is 1. The highest BCUT2D eigenvalue weighted by Crippen LogP contribution is 2.41. The normalized spacial score (nSPS) is 16.5. The summed E-state index contributed by atoms with van der Waals surface area (Å²) in [5.74, 6) is -0.337. The van der Waals surface area contributed by atoms with Gasteiger partial charge >= 0.3 is 5.97 Å². The standard InChI is InChI=1S/C33H54BrNO5SSi/c1-22(14-13-15-23(2)20-36)16-17-28(24(3)18-27-21-41-26(5)35-27)39-30(37)19-29(33(9,10)31(38)25(4)34)40-42(11,12)32(6,7)8/h16,18,20-21,23,25,28-29H,13-15,17,19H2,1-12H3/b22-16+,24-18+. The molecule has 0 aliphatic heterocycles. The van der Waals surface area contributed by atoms with Crippen LogP contribution in [0.25, 0.3) is 6.08 Å². The van der Waals surface area contributed by atoms with Crippen LogP contribution in [-0.4, -0.2) is 48.4 Å². The van der Waals surface area contributed by atoms with Gasteiger partial charge in [0, 0.05) is 23.1 Å². The smallest absolute Gasteiger partial charge is 0.309 e. The van der Waals surface area contributed by atoms with Crippen LogP contribution in [0.5, 0.6) is 0 Å². The summed E-state index contributed by atoms with van der Waals surface area (Å²) in [7, 11) is -2.31. The number of aromatic nitrogens is 1. The third kappa shape index (κ3) is 12.3. The lowest BCUT2D eigenvalue weighted by Crippen LogP contribution is -2.51. The van der Waals surface area contributed by atoms with E-state index in [4.69, 9.17) is 9.16 Å². The van der Waals surface area contributed by atoms with E-state index in [9.17, 15) is 14.4 Å². The van der Waals surface area contributed by atoms with Crippen molar-refractivity contribution in [2.75, 3.05) is 0 Å². The monoisotopic (exact) mass is 683 g/mol. The van der Waals surface area contributed by atoms with Crippen molar-refractivity contribution in [3.05, 3.63) is 33.3 Å². The van der Waals surface area contributed by atoms with Crippen LogP contribution in [-0.2, 0) is 23.5 Å². The molecule has 4 atom stereocenters. The molecule has 0 radical (unpaired) electrons. The van der Waals surface area contributed by atoms with Crippen LogP contribution in [0.2, 0.25) is 18.1 Å². The molecule has 9 heteroatoms. The van der Waals surface area contributed by atoms with Gasteiger partial charge in [-0.25, -0.2) is 4.98 Å². The van der Waals surface area contributed by atoms with Gasteiger partial charge in [0.2, 0.25) is 0 Å². The van der Waals surface area contributed by atoms with Crippen LogP contribution in [0.15, 0.2) is 22.6 Å². The molecule has 1 heterocycles. The van der Waals surface area contributed by atoms with Gasteiger partial charge in [-0.1, -0.05) is 69.1 Å². The molecular formula is C33H54BrNO5SSi. The lowest BCUT2D eigenvalue weighted by molar-refractivity contribution is -0.152. The summed E-state index contributed by atoms with van der Waals surface area (Å²) >= 11 is 5.02. The lowest BCUT2D eigenvalue weighted by Gasteiger charge is -2.43. The van der Waals surface area contributed by atoms with Crippen molar-refractivity contribution in [1.82, 2.24) is 4.98 Å². The maximum absolute atomic E-state index is 13.6. The molecule has 0 saturated carbocycles. The fraction of sp³-hybridized carbons (Fsp3) is 0.697. The number of ether oxygens (including phenoxy) is 1. The first kappa shape index (κ1) is 38.6. The van der Waals surface area contributed by atoms with Crippen LogP contribution in [0.4, 0.5) is 0 Å². The van der Waals surface area contributed by atoms with Crippen LogP contribution in [0, 0.1) is 18.3 Å². The molecule has 0 N–H and O–H groups in total. The Hall–Kier alpha value is -1.42. The fourth-order valence-electron chi connectivity index (χ4n) is 4.29. The molecule has 0 fully saturated rings. The van der Waals surface area contributed by atoms with E-state index in [-0.39, 0.29) is 34.0 Å². The third-order valence-corrected chi connectivity index (χ3v) is 14.0. The van der Waals surface area contributed by atoms with E-state index in [0.29, 0.717) is 6.42 Å². The molecule has 238 valence electrons. The van der Waals surface area contributed by atoms with Crippen molar-refractivity contribution < 1.29 is 23.5 Å². The van der Waals surface area contributed by atoms with Crippen molar-refractivity contribution in [3.63, 3.8) is 0 Å². The number of aryl methyl sites for hydroxylation is 1. The van der Waals surface area contributed by atoms with E-state index >= 15 is 0 Å². The molecule has 0 aliphatic rings. The highest BCUT2D eigenvalue weighted by molar-refractivity contribution is 9.10. The van der Waals surface area contributed by atoms with Gasteiger partial charge in [0.1, 0.15) is 12.4 Å². The predicted molar refractivity (Wildman–Crippen MR) is 182 cm³/mol. The largest absolute Gasteiger partial charge is 0.457 e. The van der Waals surface area contributed by atoms with Crippen molar-refractivity contribution in [2.45, 2.75) is 137 Å². The summed E-state index contributed by atoms with van der Waals surface area (Å²) in [6.07, 6.45) is 7.17. The minimum atomic E-state index is -2.31. The van der Waals surface area contributed by atoms with Crippen LogP contribution in [0.1, 0.15) is 105 Å². The van der Waals surface area contributed by atoms with E-state index in [2.05, 4.69) is 67.8 Å². The first-order valence-corrected chi connectivity index (χ1v) is 19.7. The number of Topliss-reactive ketones (excluding diaryl/α,β-unsaturated/α-hetero) is 1. The van der Waals surface area contributed by atoms with E-state index in [1.54, 1.807) is 11.3 Å². The molecule has 4 unspecified atom stereocenters. The number of halogens is 1. The Labute approximate surface area is 268 Å². The quantitative estimate of drug-likeness (QED) is 0.0535. The van der Waals surface area contributed by atoms with Crippen molar-refractivity contribution >= 4 is 59.7 Å². The fourth-order valence-corrected chi connectivity index (χ4v) is 6.89. The maximum atomic E-state index is 13.6. The Morgan fingerprint density at radius 3 is 2.26 bits per heavy atom. The molecule has 0 aliphatic carbocycles. The number of hydrogen-bond acceptors (Lipinski definition) is 7. The second-order valence-corrected chi connectivity index (χ2v) is 20.9. The molecule has 0 bridgehead atoms. The molecule has 1 aromatic rings. The number of nitrogens with zero attached hydrogens (tertiary/aromatic N) is 1. The van der Waals surface area contributed by atoms with Crippen LogP contribution in [0.3, 0.4) is 0 Å². The minimum Gasteiger partial charge on any atom is -0.457 e. The van der Waals surface area contributed by atoms with E-state index in [1.807, 2.05) is 53.0 Å². The predicted octanol–water partition coefficient (Wildman–Crippen LogP) is 9.27. The van der Waals surface area contributed by atoms with Crippen molar-refractivity contribution in [2.24, 2.45) is 11.3 Å². The topological polar surface area (TPSA) is 82.6 Å². The van der Waals surface area contributed by atoms with Gasteiger partial charge in [-0.05, 0) is 76.7 Å². The molecule has 42 heavy (non-hydrogen) atoms. The van der Waals surface area contributed by atoms with Crippen molar-refractivity contribution in [1.29, 1.82) is 0 Å². The molecule has 0 aromatic carbocycles. The first-order chi connectivity index (χ1) is 19.2. The number of carbonyl (C=O) groups excluding carboxylic acids is 3. The molecule has 0 saturated heterocycles. The number of ketones is 1. The number of aldehydes is 1. The molecule has 0 amide bonds. The number of allylic oxidation sites excluding steroid dienone is 1. The van der Waals surface area contributed by atoms with Gasteiger partial charge in [0.05, 0.1) is 28.1 Å². The van der Waals surface area contributed by atoms with E-state index in [0.717, 1.165) is 41.8 Å². The van der Waals surface area contributed by atoms with E-state index in [1.165, 1.54) is 5.57 Å². The maximum Gasteiger partial charge on any atom is 0.309 e. The number of thiazole rings is 1. The summed E-state index contributed by atoms with van der Waals surface area (Å²) < 4.78 is 12.9. The van der Waals surface area contributed by atoms with Crippen molar-refractivity contribution in [3.8, 4) is 0 Å². The Morgan fingerprint density at radius 2 is 1.76 bits per heavy atom. The van der Waals surface area contributed by atoms with Gasteiger partial charge < -0.3 is 14.0 Å². The number of carbonyl (C=O) groups is 3. The zero-order valence-corrected chi connectivity index (χ0v) is 31.3. The zero-order valence-electron chi connectivity index (χ0n) is 27.9. The molecule has 6 nitrogen and oxygen atoms in total. The molecule has 0 spiro atoms. The average molecular weight is 685 g/mol. The van der Waals surface area contributed by atoms with Gasteiger partial charge in [0.15, 0.2) is 14.1 Å². The first-order valence-electron chi connectivity index (χ1n) is 15.0. The summed E-state index contributed by atoms with van der Waals surface area (Å²) in [5, 5.41) is 2.88. The van der Waals surface area contributed by atoms with Gasteiger partial charge in [-0.2, -0.15) is 0 Å². The Balaban J connectivity index is 3.28. The second kappa shape index (κ2) is 16.6. The molecular weight excluding hydrogens is 630 g/mol. The Bertz CT molecular complexity index is 1120. The van der Waals surface area contributed by atoms with Gasteiger partial charge in [0.25, 0.3) is 0 Å². The summed E-state index contributed by atoms with van der Waals surface area (Å²) in [4.78, 5) is 42.0. The number of rotatable bonds is 17. The number of hydrogen-bond donors (Lipinski definition) is 0. The van der Waals surface area contributed by atoms with Gasteiger partial charge in [-0.15, -0.1) is 11.3 Å². The number of alkyl halides is 1. The summed E-state index contributed by atoms with van der Waals surface area (Å²) in [6.45, 7) is 24.2. The zero-order chi connectivity index (χ0) is 32.5.